The zero-order valence-corrected chi connectivity index (χ0v) is 18.4. The molecule has 3 N–H and O–H groups in total. The molecule has 1 aromatic carbocycles. The summed E-state index contributed by atoms with van der Waals surface area (Å²) in [6.45, 7) is 6.19. The molecule has 2 heterocycles. The average molecular weight is 448 g/mol. The lowest BCUT2D eigenvalue weighted by atomic mass is 10.0. The third kappa shape index (κ3) is 8.01. The number of nitrogens with zero attached hydrogens (tertiary/aromatic N) is 2. The minimum atomic E-state index is -0.640. The van der Waals surface area contributed by atoms with E-state index in [0.29, 0.717) is 19.5 Å². The van der Waals surface area contributed by atoms with E-state index in [9.17, 15) is 14.0 Å². The van der Waals surface area contributed by atoms with Crippen molar-refractivity contribution in [1.82, 2.24) is 20.4 Å². The van der Waals surface area contributed by atoms with Gasteiger partial charge in [0.25, 0.3) is 6.47 Å². The molecular weight excluding hydrogens is 419 g/mol. The number of hydrogen-bond donors (Lipinski definition) is 3. The number of carbonyl (C=O) groups excluding carboxylic acids is 2. The zero-order valence-electron chi connectivity index (χ0n) is 18.4. The van der Waals surface area contributed by atoms with Gasteiger partial charge in [-0.3, -0.25) is 14.7 Å². The molecule has 0 spiro atoms. The minimum Gasteiger partial charge on any atom is -0.483 e. The molecule has 3 rings (SSSR count). The highest BCUT2D eigenvalue weighted by Crippen LogP contribution is 2.18. The number of ether oxygens (including phenoxy) is 1. The Hall–Kier alpha value is -3.43. The molecule has 9 nitrogen and oxygen atoms in total. The van der Waals surface area contributed by atoms with Crippen molar-refractivity contribution in [3.05, 3.63) is 53.1 Å². The predicted octanol–water partition coefficient (Wildman–Crippen LogP) is 2.66. The first-order chi connectivity index (χ1) is 15.1. The first kappa shape index (κ1) is 24.8. The molecule has 0 fully saturated rings. The van der Waals surface area contributed by atoms with Crippen molar-refractivity contribution in [3.63, 3.8) is 0 Å². The fraction of sp³-hybridized carbons (Fsp3) is 0.455. The Morgan fingerprint density at radius 3 is 2.62 bits per heavy atom. The van der Waals surface area contributed by atoms with Gasteiger partial charge in [-0.05, 0) is 44.9 Å². The number of aromatic nitrogens is 2. The summed E-state index contributed by atoms with van der Waals surface area (Å²) in [6.07, 6.45) is 2.42. The van der Waals surface area contributed by atoms with E-state index in [4.69, 9.17) is 14.6 Å². The summed E-state index contributed by atoms with van der Waals surface area (Å²) in [4.78, 5) is 35.3. The summed E-state index contributed by atoms with van der Waals surface area (Å²) in [5.41, 5.74) is 2.26. The Labute approximate surface area is 185 Å². The van der Waals surface area contributed by atoms with E-state index in [2.05, 4.69) is 15.5 Å². The quantitative estimate of drug-likeness (QED) is 0.604. The summed E-state index contributed by atoms with van der Waals surface area (Å²) in [5.74, 6) is -0.384. The molecule has 1 aliphatic rings. The van der Waals surface area contributed by atoms with Crippen molar-refractivity contribution in [1.29, 1.82) is 0 Å². The fourth-order valence-electron chi connectivity index (χ4n) is 3.33. The average Bonchev–Trinajstić information content (AvgIpc) is 3.16. The molecule has 0 saturated heterocycles. The zero-order chi connectivity index (χ0) is 23.7. The molecule has 2 aromatic rings. The van der Waals surface area contributed by atoms with Gasteiger partial charge in [0.15, 0.2) is 0 Å². The number of fused-ring (bicyclic) bond motifs is 1. The molecule has 174 valence electrons. The minimum absolute atomic E-state index is 0.0555. The number of halogens is 1. The van der Waals surface area contributed by atoms with Gasteiger partial charge in [-0.2, -0.15) is 5.10 Å². The number of aromatic amines is 1. The van der Waals surface area contributed by atoms with Crippen LogP contribution in [0.4, 0.5) is 9.18 Å². The summed E-state index contributed by atoms with van der Waals surface area (Å²) >= 11 is 0. The van der Waals surface area contributed by atoms with Crippen LogP contribution in [0.25, 0.3) is 0 Å². The van der Waals surface area contributed by atoms with Crippen LogP contribution in [-0.2, 0) is 33.7 Å². The second-order valence-electron chi connectivity index (χ2n) is 8.42. The van der Waals surface area contributed by atoms with Gasteiger partial charge in [0.1, 0.15) is 11.4 Å². The predicted molar refractivity (Wildman–Crippen MR) is 114 cm³/mol. The van der Waals surface area contributed by atoms with Crippen LogP contribution in [0.2, 0.25) is 0 Å². The van der Waals surface area contributed by atoms with Crippen LogP contribution in [0.3, 0.4) is 0 Å². The van der Waals surface area contributed by atoms with Crippen molar-refractivity contribution in [3.8, 4) is 0 Å². The monoisotopic (exact) mass is 448 g/mol. The number of amides is 2. The lowest BCUT2D eigenvalue weighted by Gasteiger charge is -2.29. The molecule has 32 heavy (non-hydrogen) atoms. The number of nitrogens with one attached hydrogen (secondary N) is 2. The highest BCUT2D eigenvalue weighted by atomic mass is 19.1. The van der Waals surface area contributed by atoms with Crippen molar-refractivity contribution in [2.45, 2.75) is 58.2 Å². The van der Waals surface area contributed by atoms with Gasteiger partial charge in [-0.25, -0.2) is 9.18 Å². The number of H-pyrrole nitrogens is 1. The molecule has 0 bridgehead atoms. The number of hydrogen-bond acceptors (Lipinski definition) is 5. The molecule has 1 aliphatic heterocycles. The Kier molecular flexibility index (Phi) is 8.74. The van der Waals surface area contributed by atoms with Crippen LogP contribution in [0.1, 0.15) is 44.0 Å². The molecule has 2 amide bonds. The molecular formula is C22H29FN4O5. The van der Waals surface area contributed by atoms with Crippen LogP contribution >= 0.6 is 0 Å². The van der Waals surface area contributed by atoms with E-state index in [1.165, 1.54) is 12.1 Å². The molecule has 1 atom stereocenters. The van der Waals surface area contributed by atoms with Gasteiger partial charge < -0.3 is 20.1 Å². The molecule has 0 saturated carbocycles. The van der Waals surface area contributed by atoms with Crippen molar-refractivity contribution in [2.24, 2.45) is 0 Å². The first-order valence-electron chi connectivity index (χ1n) is 10.2. The maximum Gasteiger partial charge on any atom is 0.407 e. The molecule has 0 radical (unpaired) electrons. The van der Waals surface area contributed by atoms with Crippen LogP contribution in [0.5, 0.6) is 0 Å². The van der Waals surface area contributed by atoms with E-state index in [0.717, 1.165) is 23.2 Å². The summed E-state index contributed by atoms with van der Waals surface area (Å²) in [7, 11) is 0. The van der Waals surface area contributed by atoms with Crippen molar-refractivity contribution in [2.75, 3.05) is 6.54 Å². The van der Waals surface area contributed by atoms with Gasteiger partial charge in [0, 0.05) is 43.2 Å². The Bertz CT molecular complexity index is 908. The second kappa shape index (κ2) is 11.3. The van der Waals surface area contributed by atoms with Crippen LogP contribution in [-0.4, -0.2) is 56.9 Å². The maximum absolute atomic E-state index is 13.2. The lowest BCUT2D eigenvalue weighted by molar-refractivity contribution is -0.132. The van der Waals surface area contributed by atoms with E-state index in [1.54, 1.807) is 44.0 Å². The SMILES string of the molecule is CC(C)(C)OC(=O)N[C@@H](CC(=O)N1CCc2[nH]ncc2C1)Cc1ccc(F)cc1.O=CO. The van der Waals surface area contributed by atoms with E-state index < -0.39 is 17.7 Å². The highest BCUT2D eigenvalue weighted by molar-refractivity contribution is 5.78. The smallest absolute Gasteiger partial charge is 0.407 e. The largest absolute Gasteiger partial charge is 0.483 e. The third-order valence-electron chi connectivity index (χ3n) is 4.69. The maximum atomic E-state index is 13.2. The number of carboxylic acid groups (broad SMARTS) is 1. The van der Waals surface area contributed by atoms with Crippen LogP contribution < -0.4 is 5.32 Å². The number of benzene rings is 1. The number of carbonyl (C=O) groups is 3. The summed E-state index contributed by atoms with van der Waals surface area (Å²) in [6, 6.07) is 5.58. The lowest BCUT2D eigenvalue weighted by Crippen LogP contribution is -2.44. The third-order valence-corrected chi connectivity index (χ3v) is 4.69. The van der Waals surface area contributed by atoms with Gasteiger partial charge in [-0.15, -0.1) is 0 Å². The van der Waals surface area contributed by atoms with Gasteiger partial charge in [0.2, 0.25) is 5.91 Å². The number of alkyl carbamates (subject to hydrolysis) is 1. The molecule has 1 aromatic heterocycles. The standard InChI is InChI=1S/C21H27FN4O3.CH2O2/c1-21(2,3)29-20(28)24-17(10-14-4-6-16(22)7-5-14)11-19(27)26-9-8-18-15(13-26)12-23-25-18;2-1-3/h4-7,12,17H,8-11,13H2,1-3H3,(H,23,25)(H,24,28);1H,(H,2,3)/t17-;/m1./s1. The highest BCUT2D eigenvalue weighted by Gasteiger charge is 2.26. The van der Waals surface area contributed by atoms with E-state index in [1.807, 2.05) is 0 Å². The molecule has 0 aliphatic carbocycles. The van der Waals surface area contributed by atoms with E-state index >= 15 is 0 Å². The first-order valence-corrected chi connectivity index (χ1v) is 10.2. The second-order valence-corrected chi connectivity index (χ2v) is 8.42. The van der Waals surface area contributed by atoms with Crippen LogP contribution in [0.15, 0.2) is 30.5 Å². The Morgan fingerprint density at radius 1 is 1.34 bits per heavy atom. The summed E-state index contributed by atoms with van der Waals surface area (Å²) in [5, 5.41) is 16.7. The topological polar surface area (TPSA) is 125 Å². The number of rotatable bonds is 5. The summed E-state index contributed by atoms with van der Waals surface area (Å²) < 4.78 is 18.6. The van der Waals surface area contributed by atoms with Gasteiger partial charge >= 0.3 is 6.09 Å². The van der Waals surface area contributed by atoms with E-state index in [-0.39, 0.29) is 24.6 Å². The van der Waals surface area contributed by atoms with Gasteiger partial charge in [-0.1, -0.05) is 12.1 Å². The fourth-order valence-corrected chi connectivity index (χ4v) is 3.33. The van der Waals surface area contributed by atoms with Crippen LogP contribution in [0, 0.1) is 5.82 Å². The Balaban J connectivity index is 0.00000114. The Morgan fingerprint density at radius 2 is 2.00 bits per heavy atom. The molecule has 0 unspecified atom stereocenters. The molecule has 10 heteroatoms. The van der Waals surface area contributed by atoms with Crippen molar-refractivity contribution < 1.29 is 28.6 Å². The van der Waals surface area contributed by atoms with Crippen molar-refractivity contribution >= 4 is 18.5 Å². The van der Waals surface area contributed by atoms with Gasteiger partial charge in [0.05, 0.1) is 6.20 Å². The normalized spacial score (nSPS) is 13.8.